The van der Waals surface area contributed by atoms with E-state index in [0.717, 1.165) is 5.56 Å². The molecule has 2 rings (SSSR count). The Labute approximate surface area is 120 Å². The summed E-state index contributed by atoms with van der Waals surface area (Å²) in [6, 6.07) is 3.29. The Hall–Kier alpha value is -1.02. The fraction of sp³-hybridized carbons (Fsp3) is 0.615. The minimum absolute atomic E-state index is 0.0395. The molecule has 0 spiro atoms. The number of pyridine rings is 1. The fourth-order valence-corrected chi connectivity index (χ4v) is 3.63. The van der Waals surface area contributed by atoms with Gasteiger partial charge in [0.1, 0.15) is 0 Å². The van der Waals surface area contributed by atoms with Crippen LogP contribution < -0.4 is 10.0 Å². The first-order valence-electron chi connectivity index (χ1n) is 6.62. The smallest absolute Gasteiger partial charge is 0.258 e. The SMILES string of the molecule is CNCc1ccc(S(=O)(=O)NC2(C)CCOC2C)nc1. The molecule has 2 unspecified atom stereocenters. The van der Waals surface area contributed by atoms with Crippen LogP contribution in [0.3, 0.4) is 0 Å². The summed E-state index contributed by atoms with van der Waals surface area (Å²) < 4.78 is 32.9. The monoisotopic (exact) mass is 299 g/mol. The number of hydrogen-bond acceptors (Lipinski definition) is 5. The van der Waals surface area contributed by atoms with Gasteiger partial charge in [0, 0.05) is 19.3 Å². The number of rotatable bonds is 5. The Morgan fingerprint density at radius 2 is 2.25 bits per heavy atom. The van der Waals surface area contributed by atoms with E-state index >= 15 is 0 Å². The van der Waals surface area contributed by atoms with Gasteiger partial charge in [-0.3, -0.25) is 0 Å². The van der Waals surface area contributed by atoms with Crippen molar-refractivity contribution in [1.82, 2.24) is 15.0 Å². The summed E-state index contributed by atoms with van der Waals surface area (Å²) in [5.41, 5.74) is 0.361. The van der Waals surface area contributed by atoms with Crippen molar-refractivity contribution >= 4 is 10.0 Å². The zero-order valence-corrected chi connectivity index (χ0v) is 12.8. The van der Waals surface area contributed by atoms with E-state index in [0.29, 0.717) is 19.6 Å². The summed E-state index contributed by atoms with van der Waals surface area (Å²) in [6.45, 7) is 4.95. The average molecular weight is 299 g/mol. The van der Waals surface area contributed by atoms with Crippen LogP contribution in [0.2, 0.25) is 0 Å². The molecule has 1 aromatic rings. The van der Waals surface area contributed by atoms with E-state index in [1.54, 1.807) is 12.3 Å². The van der Waals surface area contributed by atoms with Gasteiger partial charge >= 0.3 is 0 Å². The van der Waals surface area contributed by atoms with Gasteiger partial charge in [0.15, 0.2) is 5.03 Å². The van der Waals surface area contributed by atoms with Crippen molar-refractivity contribution in [3.8, 4) is 0 Å². The predicted molar refractivity (Wildman–Crippen MR) is 75.8 cm³/mol. The minimum Gasteiger partial charge on any atom is -0.376 e. The van der Waals surface area contributed by atoms with E-state index in [4.69, 9.17) is 4.74 Å². The van der Waals surface area contributed by atoms with Crippen LogP contribution >= 0.6 is 0 Å². The van der Waals surface area contributed by atoms with E-state index in [1.807, 2.05) is 20.9 Å². The molecule has 2 atom stereocenters. The maximum Gasteiger partial charge on any atom is 0.258 e. The van der Waals surface area contributed by atoms with Crippen LogP contribution in [-0.2, 0) is 21.3 Å². The molecule has 0 saturated carbocycles. The molecule has 0 aromatic carbocycles. The van der Waals surface area contributed by atoms with E-state index in [9.17, 15) is 8.42 Å². The van der Waals surface area contributed by atoms with Crippen molar-refractivity contribution in [2.24, 2.45) is 0 Å². The number of ether oxygens (including phenoxy) is 1. The van der Waals surface area contributed by atoms with Crippen LogP contribution in [0.5, 0.6) is 0 Å². The third-order valence-corrected chi connectivity index (χ3v) is 5.24. The van der Waals surface area contributed by atoms with Crippen LogP contribution in [0.4, 0.5) is 0 Å². The Balaban J connectivity index is 2.18. The molecule has 1 fully saturated rings. The molecular formula is C13H21N3O3S. The van der Waals surface area contributed by atoms with Gasteiger partial charge in [0.05, 0.1) is 11.6 Å². The van der Waals surface area contributed by atoms with Gasteiger partial charge in [-0.25, -0.2) is 18.1 Å². The second-order valence-corrected chi connectivity index (χ2v) is 6.95. The highest BCUT2D eigenvalue weighted by atomic mass is 32.2. The Bertz CT molecular complexity index is 559. The molecule has 20 heavy (non-hydrogen) atoms. The molecule has 6 nitrogen and oxygen atoms in total. The minimum atomic E-state index is -3.63. The highest BCUT2D eigenvalue weighted by Gasteiger charge is 2.40. The molecule has 1 aliphatic rings. The third kappa shape index (κ3) is 3.17. The topological polar surface area (TPSA) is 80.3 Å². The van der Waals surface area contributed by atoms with Gasteiger partial charge in [-0.05, 0) is 38.9 Å². The number of hydrogen-bond donors (Lipinski definition) is 2. The summed E-state index contributed by atoms with van der Waals surface area (Å²) in [5, 5.41) is 3.03. The van der Waals surface area contributed by atoms with Crippen molar-refractivity contribution in [2.45, 2.75) is 43.5 Å². The number of sulfonamides is 1. The number of nitrogens with zero attached hydrogens (tertiary/aromatic N) is 1. The van der Waals surface area contributed by atoms with Gasteiger partial charge in [-0.2, -0.15) is 0 Å². The summed E-state index contributed by atoms with van der Waals surface area (Å²) in [7, 11) is -1.80. The lowest BCUT2D eigenvalue weighted by molar-refractivity contribution is 0.0957. The van der Waals surface area contributed by atoms with Crippen LogP contribution in [0.1, 0.15) is 25.8 Å². The second-order valence-electron chi connectivity index (χ2n) is 5.32. The molecule has 2 N–H and O–H groups in total. The fourth-order valence-electron chi connectivity index (χ4n) is 2.21. The first-order chi connectivity index (χ1) is 9.37. The quantitative estimate of drug-likeness (QED) is 0.834. The van der Waals surface area contributed by atoms with Gasteiger partial charge < -0.3 is 10.1 Å². The summed E-state index contributed by atoms with van der Waals surface area (Å²) >= 11 is 0. The van der Waals surface area contributed by atoms with Crippen LogP contribution in [-0.4, -0.2) is 38.7 Å². The third-order valence-electron chi connectivity index (χ3n) is 3.71. The van der Waals surface area contributed by atoms with Crippen molar-refractivity contribution < 1.29 is 13.2 Å². The molecule has 0 aliphatic carbocycles. The highest BCUT2D eigenvalue weighted by Crippen LogP contribution is 2.27. The maximum absolute atomic E-state index is 12.4. The average Bonchev–Trinajstić information content (AvgIpc) is 2.69. The van der Waals surface area contributed by atoms with Crippen LogP contribution in [0.25, 0.3) is 0 Å². The standard InChI is InChI=1S/C13H21N3O3S/c1-10-13(2,6-7-19-10)16-20(17,18)12-5-4-11(8-14-3)9-15-12/h4-5,9-10,14,16H,6-8H2,1-3H3. The maximum atomic E-state index is 12.4. The molecule has 1 aliphatic heterocycles. The Kier molecular flexibility index (Phi) is 4.43. The van der Waals surface area contributed by atoms with Gasteiger partial charge in [0.25, 0.3) is 10.0 Å². The molecule has 7 heteroatoms. The van der Waals surface area contributed by atoms with Crippen molar-refractivity contribution in [1.29, 1.82) is 0 Å². The molecule has 1 saturated heterocycles. The normalized spacial score (nSPS) is 26.9. The zero-order valence-electron chi connectivity index (χ0n) is 12.0. The lowest BCUT2D eigenvalue weighted by Gasteiger charge is -2.28. The van der Waals surface area contributed by atoms with Crippen molar-refractivity contribution in [2.75, 3.05) is 13.7 Å². The molecule has 0 bridgehead atoms. The first-order valence-corrected chi connectivity index (χ1v) is 8.11. The van der Waals surface area contributed by atoms with E-state index < -0.39 is 15.6 Å². The molecule has 0 amide bonds. The van der Waals surface area contributed by atoms with E-state index in [2.05, 4.69) is 15.0 Å². The second kappa shape index (κ2) is 5.77. The van der Waals surface area contributed by atoms with E-state index in [-0.39, 0.29) is 11.1 Å². The Morgan fingerprint density at radius 3 is 2.75 bits per heavy atom. The van der Waals surface area contributed by atoms with Crippen LogP contribution in [0, 0.1) is 0 Å². The predicted octanol–water partition coefficient (Wildman–Crippen LogP) is 0.647. The molecule has 0 radical (unpaired) electrons. The largest absolute Gasteiger partial charge is 0.376 e. The van der Waals surface area contributed by atoms with Crippen molar-refractivity contribution in [3.63, 3.8) is 0 Å². The molecule has 2 heterocycles. The lowest BCUT2D eigenvalue weighted by Crippen LogP contribution is -2.50. The van der Waals surface area contributed by atoms with E-state index in [1.165, 1.54) is 6.07 Å². The number of nitrogens with one attached hydrogen (secondary N) is 2. The Morgan fingerprint density at radius 1 is 1.50 bits per heavy atom. The van der Waals surface area contributed by atoms with Gasteiger partial charge in [-0.15, -0.1) is 0 Å². The van der Waals surface area contributed by atoms with Gasteiger partial charge in [-0.1, -0.05) is 6.07 Å². The molecule has 112 valence electrons. The van der Waals surface area contributed by atoms with Crippen LogP contribution in [0.15, 0.2) is 23.4 Å². The first kappa shape index (κ1) is 15.4. The summed E-state index contributed by atoms with van der Waals surface area (Å²) in [4.78, 5) is 4.04. The summed E-state index contributed by atoms with van der Waals surface area (Å²) in [5.74, 6) is 0. The number of aromatic nitrogens is 1. The van der Waals surface area contributed by atoms with Crippen molar-refractivity contribution in [3.05, 3.63) is 23.9 Å². The zero-order chi connectivity index (χ0) is 14.8. The molecular weight excluding hydrogens is 278 g/mol. The highest BCUT2D eigenvalue weighted by molar-refractivity contribution is 7.89. The lowest BCUT2D eigenvalue weighted by atomic mass is 9.97. The van der Waals surface area contributed by atoms with Gasteiger partial charge in [0.2, 0.25) is 0 Å². The summed E-state index contributed by atoms with van der Waals surface area (Å²) in [6.07, 6.45) is 2.08. The molecule has 1 aromatic heterocycles.